The Morgan fingerprint density at radius 2 is 1.81 bits per heavy atom. The second-order valence-electron chi connectivity index (χ2n) is 13.9. The number of epoxide rings is 1. The fraction of sp³-hybridized carbons (Fsp3) is 1.00. The van der Waals surface area contributed by atoms with Gasteiger partial charge in [-0.2, -0.15) is 0 Å². The maximum Gasteiger partial charge on any atom is 0.0930 e. The minimum absolute atomic E-state index is 0.187. The van der Waals surface area contributed by atoms with Gasteiger partial charge in [0.25, 0.3) is 0 Å². The van der Waals surface area contributed by atoms with Gasteiger partial charge in [-0.05, 0) is 112 Å². The predicted molar refractivity (Wildman–Crippen MR) is 139 cm³/mol. The Kier molecular flexibility index (Phi) is 6.10. The summed E-state index contributed by atoms with van der Waals surface area (Å²) in [6.45, 7) is 12.7. The molecule has 10 atom stereocenters. The molecule has 1 aliphatic heterocycles. The van der Waals surface area contributed by atoms with Crippen molar-refractivity contribution in [3.8, 4) is 0 Å². The highest BCUT2D eigenvalue weighted by Crippen LogP contribution is 2.73. The standard InChI is InChI=1S/C28H46Br2O2/c1-18(7-6-11-24(2,3)31)20-8-9-21-19-15-23(29)28(30)16-27(17-32-27)14-13-26(28,5)22(19)10-12-25(20,21)4/h18-23,31H,6-17H2,1-5H3/t18?,19?,20-,21?,22?,23?,25-,26-,27?,28?/m1/s1. The van der Waals surface area contributed by atoms with Gasteiger partial charge in [-0.15, -0.1) is 0 Å². The molecule has 5 rings (SSSR count). The van der Waals surface area contributed by atoms with Crippen molar-refractivity contribution >= 4 is 31.9 Å². The van der Waals surface area contributed by atoms with E-state index >= 15 is 0 Å². The Bertz CT molecular complexity index is 729. The van der Waals surface area contributed by atoms with Crippen molar-refractivity contribution in [3.05, 3.63) is 0 Å². The second kappa shape index (κ2) is 7.94. The molecule has 4 saturated carbocycles. The zero-order valence-electron chi connectivity index (χ0n) is 21.1. The van der Waals surface area contributed by atoms with Gasteiger partial charge >= 0.3 is 0 Å². The average molecular weight is 574 g/mol. The molecule has 0 bridgehead atoms. The molecule has 1 N–H and O–H groups in total. The lowest BCUT2D eigenvalue weighted by Crippen LogP contribution is -2.65. The average Bonchev–Trinajstić information content (AvgIpc) is 3.34. The minimum atomic E-state index is -0.519. The quantitative estimate of drug-likeness (QED) is 0.268. The lowest BCUT2D eigenvalue weighted by Gasteiger charge is -2.66. The van der Waals surface area contributed by atoms with Crippen molar-refractivity contribution < 1.29 is 9.84 Å². The molecule has 0 aromatic carbocycles. The number of fused-ring (bicyclic) bond motifs is 5. The van der Waals surface area contributed by atoms with Crippen molar-refractivity contribution in [2.24, 2.45) is 40.4 Å². The number of halogens is 2. The molecule has 0 amide bonds. The van der Waals surface area contributed by atoms with Crippen LogP contribution in [0.5, 0.6) is 0 Å². The van der Waals surface area contributed by atoms with Crippen LogP contribution in [0, 0.1) is 40.4 Å². The smallest absolute Gasteiger partial charge is 0.0930 e. The molecule has 5 aliphatic rings. The molecular formula is C28H46Br2O2. The number of hydrogen-bond donors (Lipinski definition) is 1. The van der Waals surface area contributed by atoms with Gasteiger partial charge in [0, 0.05) is 9.15 Å². The number of hydrogen-bond acceptors (Lipinski definition) is 2. The van der Waals surface area contributed by atoms with Crippen LogP contribution in [0.25, 0.3) is 0 Å². The second-order valence-corrected chi connectivity index (χ2v) is 16.4. The first-order valence-corrected chi connectivity index (χ1v) is 15.2. The third-order valence-electron chi connectivity index (χ3n) is 11.6. The first-order chi connectivity index (χ1) is 14.8. The fourth-order valence-electron chi connectivity index (χ4n) is 9.63. The third-order valence-corrected chi connectivity index (χ3v) is 15.1. The molecule has 2 nitrogen and oxygen atoms in total. The Labute approximate surface area is 213 Å². The van der Waals surface area contributed by atoms with E-state index in [1.807, 2.05) is 13.8 Å². The lowest BCUT2D eigenvalue weighted by atomic mass is 9.43. The van der Waals surface area contributed by atoms with E-state index in [1.165, 1.54) is 57.8 Å². The topological polar surface area (TPSA) is 32.8 Å². The highest BCUT2D eigenvalue weighted by atomic mass is 79.9. The number of alkyl halides is 2. The summed E-state index contributed by atoms with van der Waals surface area (Å²) in [6, 6.07) is 0. The molecule has 1 saturated heterocycles. The van der Waals surface area contributed by atoms with Gasteiger partial charge in [0.1, 0.15) is 0 Å². The van der Waals surface area contributed by atoms with E-state index in [4.69, 9.17) is 4.74 Å². The summed E-state index contributed by atoms with van der Waals surface area (Å²) >= 11 is 8.64. The van der Waals surface area contributed by atoms with Crippen LogP contribution in [0.4, 0.5) is 0 Å². The van der Waals surface area contributed by atoms with E-state index in [1.54, 1.807) is 0 Å². The summed E-state index contributed by atoms with van der Waals surface area (Å²) in [6.07, 6.45) is 14.2. The van der Waals surface area contributed by atoms with E-state index in [-0.39, 0.29) is 9.93 Å². The van der Waals surface area contributed by atoms with E-state index in [0.717, 1.165) is 49.0 Å². The normalized spacial score (nSPS) is 53.4. The van der Waals surface area contributed by atoms with E-state index < -0.39 is 5.60 Å². The van der Waals surface area contributed by atoms with Crippen LogP contribution in [-0.4, -0.2) is 32.1 Å². The molecule has 184 valence electrons. The van der Waals surface area contributed by atoms with E-state index in [2.05, 4.69) is 52.6 Å². The van der Waals surface area contributed by atoms with Crippen LogP contribution in [0.3, 0.4) is 0 Å². The molecule has 0 aromatic heterocycles. The summed E-state index contributed by atoms with van der Waals surface area (Å²) in [5.74, 6) is 4.26. The van der Waals surface area contributed by atoms with Gasteiger partial charge in [0.05, 0.1) is 17.8 Å². The van der Waals surface area contributed by atoms with Gasteiger partial charge in [0.2, 0.25) is 0 Å². The molecule has 0 aromatic rings. The van der Waals surface area contributed by atoms with Gasteiger partial charge < -0.3 is 9.84 Å². The third kappa shape index (κ3) is 3.74. The Morgan fingerprint density at radius 1 is 1.09 bits per heavy atom. The minimum Gasteiger partial charge on any atom is -0.390 e. The molecule has 4 aliphatic carbocycles. The highest BCUT2D eigenvalue weighted by Gasteiger charge is 2.70. The highest BCUT2D eigenvalue weighted by molar-refractivity contribution is 9.12. The number of ether oxygens (including phenoxy) is 1. The Hall–Kier alpha value is 0.880. The van der Waals surface area contributed by atoms with Crippen LogP contribution in [-0.2, 0) is 4.74 Å². The van der Waals surface area contributed by atoms with Gasteiger partial charge in [0.15, 0.2) is 0 Å². The first kappa shape index (κ1) is 24.6. The number of rotatable bonds is 5. The molecule has 1 spiro atoms. The molecular weight excluding hydrogens is 528 g/mol. The van der Waals surface area contributed by atoms with Crippen LogP contribution in [0.2, 0.25) is 0 Å². The lowest BCUT2D eigenvalue weighted by molar-refractivity contribution is -0.106. The maximum atomic E-state index is 10.1. The molecule has 0 radical (unpaired) electrons. The van der Waals surface area contributed by atoms with E-state index in [0.29, 0.717) is 15.7 Å². The largest absolute Gasteiger partial charge is 0.390 e. The Balaban J connectivity index is 1.33. The zero-order chi connectivity index (χ0) is 23.2. The summed E-state index contributed by atoms with van der Waals surface area (Å²) < 4.78 is 6.18. The van der Waals surface area contributed by atoms with Crippen molar-refractivity contribution in [2.75, 3.05) is 6.61 Å². The van der Waals surface area contributed by atoms with Crippen LogP contribution < -0.4 is 0 Å². The molecule has 32 heavy (non-hydrogen) atoms. The molecule has 5 fully saturated rings. The Morgan fingerprint density at radius 3 is 2.47 bits per heavy atom. The van der Waals surface area contributed by atoms with Gasteiger partial charge in [-0.1, -0.05) is 65.5 Å². The zero-order valence-corrected chi connectivity index (χ0v) is 24.2. The van der Waals surface area contributed by atoms with Crippen molar-refractivity contribution in [2.45, 2.75) is 126 Å². The van der Waals surface area contributed by atoms with Gasteiger partial charge in [-0.25, -0.2) is 0 Å². The molecule has 7 unspecified atom stereocenters. The summed E-state index contributed by atoms with van der Waals surface area (Å²) in [5, 5.41) is 10.1. The van der Waals surface area contributed by atoms with E-state index in [9.17, 15) is 5.11 Å². The van der Waals surface area contributed by atoms with Crippen LogP contribution >= 0.6 is 31.9 Å². The SMILES string of the molecule is CC(CCCC(C)(C)O)[C@H]1CCC2C3CC(Br)C4(Br)CC5(CC[C@]4(C)C3CC[C@@]21C)CO5. The first-order valence-electron chi connectivity index (χ1n) is 13.5. The molecule has 1 heterocycles. The summed E-state index contributed by atoms with van der Waals surface area (Å²) in [5.41, 5.74) is 0.565. The summed E-state index contributed by atoms with van der Waals surface area (Å²) in [4.78, 5) is 0.549. The van der Waals surface area contributed by atoms with Crippen molar-refractivity contribution in [1.29, 1.82) is 0 Å². The van der Waals surface area contributed by atoms with Crippen LogP contribution in [0.1, 0.15) is 105 Å². The summed E-state index contributed by atoms with van der Waals surface area (Å²) in [7, 11) is 0. The monoisotopic (exact) mass is 572 g/mol. The van der Waals surface area contributed by atoms with Crippen molar-refractivity contribution in [3.63, 3.8) is 0 Å². The maximum absolute atomic E-state index is 10.1. The van der Waals surface area contributed by atoms with Gasteiger partial charge in [-0.3, -0.25) is 0 Å². The van der Waals surface area contributed by atoms with Crippen molar-refractivity contribution in [1.82, 2.24) is 0 Å². The fourth-order valence-corrected chi connectivity index (χ4v) is 11.9. The van der Waals surface area contributed by atoms with Crippen LogP contribution in [0.15, 0.2) is 0 Å². The number of aliphatic hydroxyl groups is 1. The molecule has 4 heteroatoms. The predicted octanol–water partition coefficient (Wildman–Crippen LogP) is 7.88.